The molecule has 2 amide bonds. The smallest absolute Gasteiger partial charge is 0.411 e. The van der Waals surface area contributed by atoms with Gasteiger partial charge in [0.05, 0.1) is 16.8 Å². The number of ether oxygens (including phenoxy) is 2. The van der Waals surface area contributed by atoms with E-state index in [1.807, 2.05) is 52.6 Å². The summed E-state index contributed by atoms with van der Waals surface area (Å²) >= 11 is 0. The predicted molar refractivity (Wildman–Crippen MR) is 194 cm³/mol. The van der Waals surface area contributed by atoms with Gasteiger partial charge >= 0.3 is 12.2 Å². The van der Waals surface area contributed by atoms with Crippen LogP contribution in [0.4, 0.5) is 9.59 Å². The van der Waals surface area contributed by atoms with E-state index in [1.165, 1.54) is 0 Å². The maximum Gasteiger partial charge on any atom is 0.411 e. The fraction of sp³-hybridized carbons (Fsp3) is 0.690. The Labute approximate surface area is 303 Å². The number of ketones is 1. The van der Waals surface area contributed by atoms with Crippen LogP contribution in [0.15, 0.2) is 24.4 Å². The van der Waals surface area contributed by atoms with Crippen LogP contribution in [0.3, 0.4) is 0 Å². The molecule has 2 aromatic heterocycles. The van der Waals surface area contributed by atoms with Crippen molar-refractivity contribution >= 4 is 18.0 Å². The number of fused-ring (bicyclic) bond motifs is 2. The number of carbonyl (C=O) groups is 3. The summed E-state index contributed by atoms with van der Waals surface area (Å²) in [6, 6.07) is 6.44. The minimum Gasteiger partial charge on any atom is -0.444 e. The number of piperidine rings is 2. The first-order valence-corrected chi connectivity index (χ1v) is 19.6. The molecule has 0 N–H and O–H groups in total. The van der Waals surface area contributed by atoms with E-state index in [-0.39, 0.29) is 35.7 Å². The molecule has 0 spiro atoms. The molecule has 0 radical (unpaired) electrons. The number of amides is 2. The van der Waals surface area contributed by atoms with E-state index >= 15 is 0 Å². The highest BCUT2D eigenvalue weighted by molar-refractivity contribution is 6.00. The number of pyridine rings is 2. The van der Waals surface area contributed by atoms with E-state index in [4.69, 9.17) is 19.4 Å². The Morgan fingerprint density at radius 1 is 0.824 bits per heavy atom. The van der Waals surface area contributed by atoms with Crippen LogP contribution in [0.1, 0.15) is 134 Å². The van der Waals surface area contributed by atoms with Crippen LogP contribution in [0.5, 0.6) is 0 Å². The zero-order chi connectivity index (χ0) is 36.2. The highest BCUT2D eigenvalue weighted by atomic mass is 16.6. The normalized spacial score (nSPS) is 34.1. The van der Waals surface area contributed by atoms with E-state index in [0.717, 1.165) is 85.9 Å². The molecule has 274 valence electrons. The molecule has 9 heteroatoms. The van der Waals surface area contributed by atoms with E-state index < -0.39 is 22.3 Å². The summed E-state index contributed by atoms with van der Waals surface area (Å²) in [7, 11) is 0. The zero-order valence-corrected chi connectivity index (χ0v) is 31.9. The summed E-state index contributed by atoms with van der Waals surface area (Å²) in [6.07, 6.45) is 9.65. The van der Waals surface area contributed by atoms with Gasteiger partial charge in [-0.2, -0.15) is 0 Å². The molecule has 6 aliphatic rings. The first-order chi connectivity index (χ1) is 24.0. The zero-order valence-electron chi connectivity index (χ0n) is 31.9. The lowest BCUT2D eigenvalue weighted by molar-refractivity contribution is -0.0933. The Morgan fingerprint density at radius 2 is 1.41 bits per heavy atom. The summed E-state index contributed by atoms with van der Waals surface area (Å²) in [5, 5.41) is 0. The van der Waals surface area contributed by atoms with Crippen LogP contribution in [0, 0.1) is 35.5 Å². The summed E-state index contributed by atoms with van der Waals surface area (Å²) < 4.78 is 12.1. The van der Waals surface area contributed by atoms with Gasteiger partial charge in [0.2, 0.25) is 0 Å². The highest BCUT2D eigenvalue weighted by Crippen LogP contribution is 2.61. The van der Waals surface area contributed by atoms with Crippen molar-refractivity contribution in [1.29, 1.82) is 0 Å². The van der Waals surface area contributed by atoms with Gasteiger partial charge in [0.25, 0.3) is 0 Å². The summed E-state index contributed by atoms with van der Waals surface area (Å²) in [6.45, 7) is 17.4. The lowest BCUT2D eigenvalue weighted by Gasteiger charge is -2.61. The molecule has 2 aliphatic heterocycles. The maximum atomic E-state index is 14.2. The molecule has 2 aromatic rings. The third-order valence-electron chi connectivity index (χ3n) is 13.1. The molecule has 4 bridgehead atoms. The molecule has 0 aromatic carbocycles. The first-order valence-electron chi connectivity index (χ1n) is 19.6. The van der Waals surface area contributed by atoms with Crippen molar-refractivity contribution in [2.75, 3.05) is 13.1 Å². The predicted octanol–water partition coefficient (Wildman–Crippen LogP) is 8.67. The van der Waals surface area contributed by atoms with E-state index in [9.17, 15) is 14.4 Å². The topological polar surface area (TPSA) is 102 Å². The summed E-state index contributed by atoms with van der Waals surface area (Å²) in [5.74, 6) is 1.58. The standard InChI is InChI=1S/C42H56N4O5/c1-24-17-26-20-34-31(41(21-24)29(26)11-9-15-45(41)37(48)50-39(3,4)5)13-14-33(44-34)27-19-32-35(43-23-27)36(47)28-18-25(2)22-42(32)30(28)12-10-16-46(42)38(49)51-40(6,7)8/h13-14,19,23-26,28-30H,9-12,15-18,20-22H2,1-8H3/t24-,25-,26+,28-,29-,30-,41-,42-/m1/s1. The third-order valence-corrected chi connectivity index (χ3v) is 13.1. The molecule has 4 aliphatic carbocycles. The third kappa shape index (κ3) is 5.41. The number of aromatic nitrogens is 2. The second kappa shape index (κ2) is 11.8. The number of nitrogens with zero attached hydrogens (tertiary/aromatic N) is 4. The molecule has 8 rings (SSSR count). The SMILES string of the molecule is C[C@@H]1C[C@H]2Cc3nc(-c4cnc5c(c4)[C@@]46C[C@H](C)C[C@@H](C5=O)[C@H]4CCCN6C(=O)OC(C)(C)C)ccc3[C@@]3(C1)[C@@H]2CCCN3C(=O)OC(C)(C)C. The minimum absolute atomic E-state index is 0.0334. The van der Waals surface area contributed by atoms with Gasteiger partial charge in [0.15, 0.2) is 5.78 Å². The molecular weight excluding hydrogens is 640 g/mol. The van der Waals surface area contributed by atoms with Crippen LogP contribution >= 0.6 is 0 Å². The van der Waals surface area contributed by atoms with Crippen molar-refractivity contribution in [1.82, 2.24) is 19.8 Å². The number of hydrogen-bond acceptors (Lipinski definition) is 7. The van der Waals surface area contributed by atoms with Crippen molar-refractivity contribution in [2.45, 2.75) is 135 Å². The average Bonchev–Trinajstić information content (AvgIpc) is 3.04. The fourth-order valence-corrected chi connectivity index (χ4v) is 11.7. The van der Waals surface area contributed by atoms with Crippen LogP contribution in [-0.2, 0) is 27.0 Å². The van der Waals surface area contributed by atoms with Crippen molar-refractivity contribution in [2.24, 2.45) is 35.5 Å². The number of rotatable bonds is 1. The lowest BCUT2D eigenvalue weighted by Crippen LogP contribution is -2.65. The van der Waals surface area contributed by atoms with Gasteiger partial charge in [-0.15, -0.1) is 0 Å². The van der Waals surface area contributed by atoms with Gasteiger partial charge < -0.3 is 9.47 Å². The molecule has 9 nitrogen and oxygen atoms in total. The molecule has 2 saturated heterocycles. The summed E-state index contributed by atoms with van der Waals surface area (Å²) in [5.41, 5.74) is 2.95. The number of hydrogen-bond donors (Lipinski definition) is 0. The fourth-order valence-electron chi connectivity index (χ4n) is 11.7. The molecular formula is C42H56N4O5. The number of carbonyl (C=O) groups excluding carboxylic acids is 3. The van der Waals surface area contributed by atoms with Gasteiger partial charge in [-0.1, -0.05) is 19.9 Å². The van der Waals surface area contributed by atoms with Gasteiger partial charge in [0, 0.05) is 42.0 Å². The van der Waals surface area contributed by atoms with Crippen molar-refractivity contribution in [3.63, 3.8) is 0 Å². The Hall–Kier alpha value is -3.49. The molecule has 8 atom stereocenters. The molecule has 4 fully saturated rings. The van der Waals surface area contributed by atoms with Crippen LogP contribution in [0.25, 0.3) is 11.3 Å². The first kappa shape index (κ1) is 34.6. The monoisotopic (exact) mass is 696 g/mol. The van der Waals surface area contributed by atoms with Gasteiger partial charge in [-0.3, -0.25) is 24.6 Å². The average molecular weight is 697 g/mol. The molecule has 0 unspecified atom stereocenters. The van der Waals surface area contributed by atoms with Crippen LogP contribution < -0.4 is 0 Å². The molecule has 2 saturated carbocycles. The quantitative estimate of drug-likeness (QED) is 0.294. The minimum atomic E-state index is -0.654. The summed E-state index contributed by atoms with van der Waals surface area (Å²) in [4.78, 5) is 56.4. The number of Topliss-reactive ketones (excluding diaryl/α,β-unsaturated/α-hetero) is 1. The Balaban J connectivity index is 1.24. The molecule has 4 heterocycles. The van der Waals surface area contributed by atoms with Crippen molar-refractivity contribution < 1.29 is 23.9 Å². The van der Waals surface area contributed by atoms with E-state index in [1.54, 1.807) is 0 Å². The van der Waals surface area contributed by atoms with Gasteiger partial charge in [-0.05, 0) is 147 Å². The van der Waals surface area contributed by atoms with Crippen molar-refractivity contribution in [3.05, 3.63) is 46.9 Å². The van der Waals surface area contributed by atoms with E-state index in [0.29, 0.717) is 36.5 Å². The van der Waals surface area contributed by atoms with E-state index in [2.05, 4.69) is 36.9 Å². The largest absolute Gasteiger partial charge is 0.444 e. The Morgan fingerprint density at radius 3 is 2.04 bits per heavy atom. The van der Waals surface area contributed by atoms with Crippen LogP contribution in [-0.4, -0.2) is 62.0 Å². The van der Waals surface area contributed by atoms with Gasteiger partial charge in [0.1, 0.15) is 16.9 Å². The maximum absolute atomic E-state index is 14.2. The second-order valence-corrected chi connectivity index (χ2v) is 18.9. The van der Waals surface area contributed by atoms with Crippen molar-refractivity contribution in [3.8, 4) is 11.3 Å². The number of likely N-dealkylation sites (tertiary alicyclic amines) is 2. The van der Waals surface area contributed by atoms with Crippen LogP contribution in [0.2, 0.25) is 0 Å². The lowest BCUT2D eigenvalue weighted by atomic mass is 9.53. The second-order valence-electron chi connectivity index (χ2n) is 18.9. The Bertz CT molecular complexity index is 1780. The Kier molecular flexibility index (Phi) is 7.97. The van der Waals surface area contributed by atoms with Gasteiger partial charge in [-0.25, -0.2) is 9.59 Å². The highest BCUT2D eigenvalue weighted by Gasteiger charge is 2.62. The molecule has 51 heavy (non-hydrogen) atoms.